The second kappa shape index (κ2) is 11.6. The molecule has 1 unspecified atom stereocenters. The lowest BCUT2D eigenvalue weighted by atomic mass is 9.81. The number of hydrazine groups is 1. The van der Waals surface area contributed by atoms with E-state index in [1.807, 2.05) is 12.1 Å². The molecule has 0 saturated heterocycles. The number of nitrogens with zero attached hydrogens (tertiary/aromatic N) is 4. The Morgan fingerprint density at radius 1 is 1.08 bits per heavy atom. The van der Waals surface area contributed by atoms with Gasteiger partial charge in [0.2, 0.25) is 5.54 Å². The fraction of sp³-hybridized carbons (Fsp3) is 0.200. The van der Waals surface area contributed by atoms with Gasteiger partial charge in [-0.15, -0.1) is 4.91 Å². The van der Waals surface area contributed by atoms with Crippen LogP contribution in [0.2, 0.25) is 0 Å². The number of nitroso groups, excluding NO2 is 1. The maximum absolute atomic E-state index is 15.9. The number of pyridine rings is 1. The van der Waals surface area contributed by atoms with Crippen molar-refractivity contribution in [3.63, 3.8) is 0 Å². The van der Waals surface area contributed by atoms with E-state index in [2.05, 4.69) is 27.1 Å². The van der Waals surface area contributed by atoms with Crippen molar-refractivity contribution in [3.05, 3.63) is 105 Å². The van der Waals surface area contributed by atoms with E-state index in [0.29, 0.717) is 34.9 Å². The van der Waals surface area contributed by atoms with E-state index in [1.54, 1.807) is 19.2 Å². The summed E-state index contributed by atoms with van der Waals surface area (Å²) in [5, 5.41) is 6.25. The molecule has 37 heavy (non-hydrogen) atoms. The quantitative estimate of drug-likeness (QED) is 0.0854. The number of hydrazone groups is 1. The second-order valence-electron chi connectivity index (χ2n) is 7.90. The highest BCUT2D eigenvalue weighted by molar-refractivity contribution is 5.54. The van der Waals surface area contributed by atoms with Crippen LogP contribution in [0.15, 0.2) is 71.1 Å². The molecule has 12 heteroatoms. The van der Waals surface area contributed by atoms with Crippen LogP contribution < -0.4 is 11.7 Å². The van der Waals surface area contributed by atoms with E-state index in [0.717, 1.165) is 30.2 Å². The molecule has 0 aliphatic heterocycles. The number of halogens is 4. The third kappa shape index (κ3) is 5.91. The van der Waals surface area contributed by atoms with E-state index in [4.69, 9.17) is 16.4 Å². The molecule has 0 fully saturated rings. The molecule has 1 atom stereocenters. The van der Waals surface area contributed by atoms with Crippen molar-refractivity contribution in [1.29, 1.82) is 0 Å². The van der Waals surface area contributed by atoms with Gasteiger partial charge in [0.1, 0.15) is 23.7 Å². The molecule has 3 aromatic rings. The Morgan fingerprint density at radius 2 is 1.76 bits per heavy atom. The van der Waals surface area contributed by atoms with E-state index in [1.165, 1.54) is 6.07 Å². The Balaban J connectivity index is 1.99. The number of ether oxygens (including phenoxy) is 1. The predicted octanol–water partition coefficient (Wildman–Crippen LogP) is 3.74. The first-order valence-corrected chi connectivity index (χ1v) is 10.7. The highest BCUT2D eigenvalue weighted by atomic mass is 19.3. The van der Waals surface area contributed by atoms with Crippen molar-refractivity contribution < 1.29 is 22.3 Å². The largest absolute Gasteiger partial charge is 0.380 e. The Morgan fingerprint density at radius 3 is 2.32 bits per heavy atom. The highest BCUT2D eigenvalue weighted by Crippen LogP contribution is 2.48. The predicted molar refractivity (Wildman–Crippen MR) is 129 cm³/mol. The fourth-order valence-electron chi connectivity index (χ4n) is 3.57. The summed E-state index contributed by atoms with van der Waals surface area (Å²) >= 11 is 0. The van der Waals surface area contributed by atoms with Gasteiger partial charge in [0.15, 0.2) is 0 Å². The summed E-state index contributed by atoms with van der Waals surface area (Å²) in [5.74, 6) is 9.64. The van der Waals surface area contributed by atoms with Gasteiger partial charge in [-0.25, -0.2) is 14.6 Å². The van der Waals surface area contributed by atoms with Crippen LogP contribution in [0, 0.1) is 28.4 Å². The van der Waals surface area contributed by atoms with Crippen LogP contribution in [-0.2, 0) is 22.8 Å². The summed E-state index contributed by atoms with van der Waals surface area (Å²) in [5.41, 5.74) is -3.03. The lowest BCUT2D eigenvalue weighted by Crippen LogP contribution is -2.52. The maximum atomic E-state index is 15.9. The molecule has 4 N–H and O–H groups in total. The standard InChI is InChI=1S/C25H22F4N6O2/c1-37-14-19-6-3-17(4-7-19)2-5-18-8-11-23(32-13-18)25(28,29)24(34-36,15-35(31)16-33-30)21-10-9-20(26)12-22(21)27/h3-4,6-13,16H,14-15,30-31H2,1H3/b33-16-. The van der Waals surface area contributed by atoms with Crippen LogP contribution >= 0.6 is 0 Å². The molecule has 0 aliphatic carbocycles. The maximum Gasteiger partial charge on any atom is 0.323 e. The van der Waals surface area contributed by atoms with Gasteiger partial charge >= 0.3 is 5.92 Å². The van der Waals surface area contributed by atoms with Gasteiger partial charge in [0.05, 0.1) is 13.2 Å². The van der Waals surface area contributed by atoms with Crippen LogP contribution in [0.3, 0.4) is 0 Å². The minimum Gasteiger partial charge on any atom is -0.380 e. The molecule has 0 amide bonds. The van der Waals surface area contributed by atoms with E-state index < -0.39 is 40.9 Å². The van der Waals surface area contributed by atoms with Crippen molar-refractivity contribution in [2.45, 2.75) is 18.1 Å². The Labute approximate surface area is 209 Å². The normalized spacial score (nSPS) is 13.0. The molecule has 8 nitrogen and oxygen atoms in total. The summed E-state index contributed by atoms with van der Waals surface area (Å²) in [7, 11) is 1.58. The van der Waals surface area contributed by atoms with Gasteiger partial charge in [-0.3, -0.25) is 9.99 Å². The topological polar surface area (TPSA) is 119 Å². The highest BCUT2D eigenvalue weighted by Gasteiger charge is 2.61. The number of aromatic nitrogens is 1. The van der Waals surface area contributed by atoms with Crippen LogP contribution in [0.1, 0.15) is 27.9 Å². The third-order valence-electron chi connectivity index (χ3n) is 5.38. The average Bonchev–Trinajstić information content (AvgIpc) is 2.87. The lowest BCUT2D eigenvalue weighted by molar-refractivity contribution is -0.0958. The van der Waals surface area contributed by atoms with Crippen LogP contribution in [0.25, 0.3) is 0 Å². The summed E-state index contributed by atoms with van der Waals surface area (Å²) in [4.78, 5) is 15.8. The molecule has 0 bridgehead atoms. The monoisotopic (exact) mass is 514 g/mol. The van der Waals surface area contributed by atoms with E-state index >= 15 is 8.78 Å². The minimum atomic E-state index is -4.21. The van der Waals surface area contributed by atoms with Crippen molar-refractivity contribution >= 4 is 6.34 Å². The Kier molecular flexibility index (Phi) is 8.54. The molecule has 3 rings (SSSR count). The van der Waals surface area contributed by atoms with Crippen LogP contribution in [-0.4, -0.2) is 30.0 Å². The molecule has 1 heterocycles. The number of rotatable bonds is 9. The number of benzene rings is 2. The van der Waals surface area contributed by atoms with Crippen LogP contribution in [0.5, 0.6) is 0 Å². The van der Waals surface area contributed by atoms with Crippen LogP contribution in [0.4, 0.5) is 17.6 Å². The number of methoxy groups -OCH3 is 1. The van der Waals surface area contributed by atoms with Crippen molar-refractivity contribution in [3.8, 4) is 11.8 Å². The first kappa shape index (κ1) is 27.3. The molecule has 0 radical (unpaired) electrons. The first-order valence-electron chi connectivity index (χ1n) is 10.7. The lowest BCUT2D eigenvalue weighted by Gasteiger charge is -2.36. The van der Waals surface area contributed by atoms with Gasteiger partial charge in [-0.05, 0) is 41.1 Å². The molecule has 2 aromatic carbocycles. The summed E-state index contributed by atoms with van der Waals surface area (Å²) in [6.45, 7) is -0.609. The summed E-state index contributed by atoms with van der Waals surface area (Å²) in [6, 6.07) is 11.2. The Hall–Kier alpha value is -4.34. The summed E-state index contributed by atoms with van der Waals surface area (Å²) < 4.78 is 65.0. The Bertz CT molecular complexity index is 1320. The fourth-order valence-corrected chi connectivity index (χ4v) is 3.57. The molecule has 0 spiro atoms. The van der Waals surface area contributed by atoms with Crippen molar-refractivity contribution in [1.82, 2.24) is 9.99 Å². The third-order valence-corrected chi connectivity index (χ3v) is 5.38. The average molecular weight is 514 g/mol. The minimum absolute atomic E-state index is 0.300. The van der Waals surface area contributed by atoms with E-state index in [9.17, 15) is 13.7 Å². The molecule has 0 aliphatic rings. The number of hydrogen-bond donors (Lipinski definition) is 2. The van der Waals surface area contributed by atoms with Crippen molar-refractivity contribution in [2.24, 2.45) is 22.0 Å². The molecular formula is C25H22F4N6O2. The molecule has 0 saturated carbocycles. The van der Waals surface area contributed by atoms with Gasteiger partial charge in [0.25, 0.3) is 0 Å². The van der Waals surface area contributed by atoms with Crippen molar-refractivity contribution in [2.75, 3.05) is 13.7 Å². The number of nitrogens with two attached hydrogens (primary N) is 2. The molecule has 192 valence electrons. The van der Waals surface area contributed by atoms with Gasteiger partial charge in [-0.2, -0.15) is 13.9 Å². The zero-order valence-corrected chi connectivity index (χ0v) is 19.5. The van der Waals surface area contributed by atoms with E-state index in [-0.39, 0.29) is 0 Å². The zero-order valence-electron chi connectivity index (χ0n) is 19.5. The van der Waals surface area contributed by atoms with Gasteiger partial charge in [0, 0.05) is 36.1 Å². The molecule has 1 aromatic heterocycles. The SMILES string of the molecule is COCc1ccc(C#Cc2ccc(C(F)(F)C(CN(N)/C=N\N)(N=O)c3ccc(F)cc3F)nc2)cc1. The first-order chi connectivity index (χ1) is 17.7. The smallest absolute Gasteiger partial charge is 0.323 e. The number of alkyl halides is 2. The van der Waals surface area contributed by atoms with Gasteiger partial charge < -0.3 is 10.6 Å². The summed E-state index contributed by atoms with van der Waals surface area (Å²) in [6.07, 6.45) is 1.82. The van der Waals surface area contributed by atoms with Gasteiger partial charge in [-0.1, -0.05) is 30.0 Å². The number of hydrogen-bond acceptors (Lipinski definition) is 7. The molecular weight excluding hydrogens is 492 g/mol. The zero-order chi connectivity index (χ0) is 27.1. The second-order valence-corrected chi connectivity index (χ2v) is 7.90.